The lowest BCUT2D eigenvalue weighted by Crippen LogP contribution is -2.41. The van der Waals surface area contributed by atoms with E-state index in [9.17, 15) is 9.59 Å². The number of nitrogens with one attached hydrogen (secondary N) is 2. The van der Waals surface area contributed by atoms with Gasteiger partial charge < -0.3 is 15.2 Å². The van der Waals surface area contributed by atoms with Crippen molar-refractivity contribution in [3.63, 3.8) is 0 Å². The van der Waals surface area contributed by atoms with Crippen molar-refractivity contribution in [2.24, 2.45) is 0 Å². The lowest BCUT2D eigenvalue weighted by Gasteiger charge is -2.33. The molecule has 0 bridgehead atoms. The average Bonchev–Trinajstić information content (AvgIpc) is 3.33. The number of rotatable bonds is 6. The van der Waals surface area contributed by atoms with Crippen molar-refractivity contribution >= 4 is 34.4 Å². The van der Waals surface area contributed by atoms with Crippen LogP contribution >= 0.6 is 11.6 Å². The molecule has 2 atom stereocenters. The van der Waals surface area contributed by atoms with Gasteiger partial charge in [-0.1, -0.05) is 66.2 Å². The van der Waals surface area contributed by atoms with Crippen molar-refractivity contribution < 1.29 is 9.59 Å². The molecule has 6 nitrogen and oxygen atoms in total. The Morgan fingerprint density at radius 3 is 2.57 bits per heavy atom. The van der Waals surface area contributed by atoms with Crippen LogP contribution in [0.1, 0.15) is 53.0 Å². The second-order valence-corrected chi connectivity index (χ2v) is 9.35. The van der Waals surface area contributed by atoms with E-state index in [1.807, 2.05) is 59.5 Å². The van der Waals surface area contributed by atoms with E-state index in [2.05, 4.69) is 10.3 Å². The van der Waals surface area contributed by atoms with Crippen molar-refractivity contribution in [2.75, 3.05) is 13.1 Å². The largest absolute Gasteiger partial charge is 0.345 e. The minimum atomic E-state index is -0.459. The highest BCUT2D eigenvalue weighted by atomic mass is 35.5. The number of para-hydroxylation sites is 2. The number of likely N-dealkylation sites (tertiary alicyclic amines) is 1. The van der Waals surface area contributed by atoms with E-state index in [0.29, 0.717) is 23.7 Å². The molecule has 35 heavy (non-hydrogen) atoms. The van der Waals surface area contributed by atoms with Gasteiger partial charge in [0.05, 0.1) is 34.1 Å². The minimum Gasteiger partial charge on any atom is -0.345 e. The summed E-state index contributed by atoms with van der Waals surface area (Å²) < 4.78 is 0. The molecule has 1 saturated heterocycles. The first kappa shape index (κ1) is 23.1. The molecule has 5 rings (SSSR count). The molecule has 0 radical (unpaired) electrons. The maximum absolute atomic E-state index is 13.4. The Kier molecular flexibility index (Phi) is 6.82. The standard InChI is InChI=1S/C28H27ClN4O2/c29-22-13-5-4-12-21(22)28(35)32-25(19-9-2-1-3-10-19)17-26(34)33-16-8-11-20(18-33)27-30-23-14-6-7-15-24(23)31-27/h1-7,9-10,12-15,20,25H,8,11,16-18H2,(H,30,31)(H,32,35). The Labute approximate surface area is 209 Å². The molecule has 2 amide bonds. The molecule has 2 heterocycles. The first-order valence-corrected chi connectivity index (χ1v) is 12.3. The topological polar surface area (TPSA) is 78.1 Å². The zero-order valence-corrected chi connectivity index (χ0v) is 20.0. The van der Waals surface area contributed by atoms with Crippen LogP contribution in [0.15, 0.2) is 78.9 Å². The van der Waals surface area contributed by atoms with Crippen LogP contribution in [0, 0.1) is 0 Å². The van der Waals surface area contributed by atoms with Crippen molar-refractivity contribution in [1.29, 1.82) is 0 Å². The predicted molar refractivity (Wildman–Crippen MR) is 137 cm³/mol. The number of carbonyl (C=O) groups excluding carboxylic acids is 2. The van der Waals surface area contributed by atoms with Crippen LogP contribution in [0.25, 0.3) is 11.0 Å². The molecule has 0 aliphatic carbocycles. The molecular formula is C28H27ClN4O2. The number of halogens is 1. The quantitative estimate of drug-likeness (QED) is 0.378. The SMILES string of the molecule is O=C(NC(CC(=O)N1CCCC(c2nc3ccccc3[nH]2)C1)c1ccccc1)c1ccccc1Cl. The van der Waals surface area contributed by atoms with Gasteiger partial charge in [0.2, 0.25) is 5.91 Å². The minimum absolute atomic E-state index is 0.0131. The second kappa shape index (κ2) is 10.3. The lowest BCUT2D eigenvalue weighted by molar-refractivity contribution is -0.133. The number of nitrogens with zero attached hydrogens (tertiary/aromatic N) is 2. The van der Waals surface area contributed by atoms with Crippen LogP contribution in [0.5, 0.6) is 0 Å². The third-order valence-electron chi connectivity index (χ3n) is 6.57. The number of H-pyrrole nitrogens is 1. The Morgan fingerprint density at radius 2 is 1.77 bits per heavy atom. The lowest BCUT2D eigenvalue weighted by atomic mass is 9.96. The number of benzene rings is 3. The smallest absolute Gasteiger partial charge is 0.253 e. The maximum Gasteiger partial charge on any atom is 0.253 e. The van der Waals surface area contributed by atoms with Gasteiger partial charge in [-0.25, -0.2) is 4.98 Å². The number of aromatic nitrogens is 2. The number of hydrogen-bond acceptors (Lipinski definition) is 3. The highest BCUT2D eigenvalue weighted by Gasteiger charge is 2.29. The van der Waals surface area contributed by atoms with Gasteiger partial charge in [0.25, 0.3) is 5.91 Å². The predicted octanol–water partition coefficient (Wildman–Crippen LogP) is 5.48. The maximum atomic E-state index is 13.4. The summed E-state index contributed by atoms with van der Waals surface area (Å²) in [6.07, 6.45) is 2.07. The highest BCUT2D eigenvalue weighted by Crippen LogP contribution is 2.28. The summed E-state index contributed by atoms with van der Waals surface area (Å²) in [6.45, 7) is 1.31. The van der Waals surface area contributed by atoms with Crippen LogP contribution in [-0.4, -0.2) is 39.8 Å². The molecule has 7 heteroatoms. The summed E-state index contributed by atoms with van der Waals surface area (Å²) in [4.78, 5) is 36.5. The zero-order valence-electron chi connectivity index (χ0n) is 19.3. The van der Waals surface area contributed by atoms with Gasteiger partial charge in [-0.2, -0.15) is 0 Å². The number of amides is 2. The van der Waals surface area contributed by atoms with Gasteiger partial charge in [0.15, 0.2) is 0 Å². The van der Waals surface area contributed by atoms with Crippen LogP contribution < -0.4 is 5.32 Å². The van der Waals surface area contributed by atoms with Gasteiger partial charge in [-0.15, -0.1) is 0 Å². The monoisotopic (exact) mass is 486 g/mol. The third kappa shape index (κ3) is 5.23. The second-order valence-electron chi connectivity index (χ2n) is 8.94. The first-order valence-electron chi connectivity index (χ1n) is 11.9. The molecule has 2 N–H and O–H groups in total. The van der Waals surface area contributed by atoms with E-state index in [1.165, 1.54) is 0 Å². The third-order valence-corrected chi connectivity index (χ3v) is 6.90. The zero-order chi connectivity index (χ0) is 24.2. The molecule has 4 aromatic rings. The summed E-state index contributed by atoms with van der Waals surface area (Å²) >= 11 is 6.23. The number of piperidine rings is 1. The number of imidazole rings is 1. The molecule has 178 valence electrons. The summed E-state index contributed by atoms with van der Waals surface area (Å²) in [6, 6.07) is 24.0. The van der Waals surface area contributed by atoms with Gasteiger partial charge >= 0.3 is 0 Å². The van der Waals surface area contributed by atoms with E-state index in [1.54, 1.807) is 24.3 Å². The average molecular weight is 487 g/mol. The Hall–Kier alpha value is -3.64. The number of carbonyl (C=O) groups is 2. The summed E-state index contributed by atoms with van der Waals surface area (Å²) in [5.41, 5.74) is 3.23. The molecule has 0 saturated carbocycles. The Morgan fingerprint density at radius 1 is 1.03 bits per heavy atom. The van der Waals surface area contributed by atoms with Crippen LogP contribution in [-0.2, 0) is 4.79 Å². The Balaban J connectivity index is 1.31. The fourth-order valence-corrected chi connectivity index (χ4v) is 4.94. The van der Waals surface area contributed by atoms with Gasteiger partial charge in [0, 0.05) is 19.0 Å². The van der Waals surface area contributed by atoms with Crippen LogP contribution in [0.4, 0.5) is 0 Å². The van der Waals surface area contributed by atoms with E-state index in [4.69, 9.17) is 16.6 Å². The van der Waals surface area contributed by atoms with Gasteiger partial charge in [-0.05, 0) is 42.7 Å². The number of fused-ring (bicyclic) bond motifs is 1. The van der Waals surface area contributed by atoms with E-state index < -0.39 is 6.04 Å². The fourth-order valence-electron chi connectivity index (χ4n) is 4.72. The molecule has 2 unspecified atom stereocenters. The number of hydrogen-bond donors (Lipinski definition) is 2. The summed E-state index contributed by atoms with van der Waals surface area (Å²) in [7, 11) is 0. The van der Waals surface area contributed by atoms with E-state index in [-0.39, 0.29) is 24.2 Å². The normalized spacial score (nSPS) is 16.7. The molecule has 1 aromatic heterocycles. The molecule has 3 aromatic carbocycles. The van der Waals surface area contributed by atoms with Crippen molar-refractivity contribution in [1.82, 2.24) is 20.2 Å². The first-order chi connectivity index (χ1) is 17.1. The van der Waals surface area contributed by atoms with Crippen LogP contribution in [0.3, 0.4) is 0 Å². The summed E-state index contributed by atoms with van der Waals surface area (Å²) in [5, 5.41) is 3.41. The fraction of sp³-hybridized carbons (Fsp3) is 0.250. The molecule has 1 fully saturated rings. The molecular weight excluding hydrogens is 460 g/mol. The van der Waals surface area contributed by atoms with Gasteiger partial charge in [0.1, 0.15) is 5.82 Å². The molecule has 1 aliphatic rings. The summed E-state index contributed by atoms with van der Waals surface area (Å²) in [5.74, 6) is 0.804. The van der Waals surface area contributed by atoms with Crippen LogP contribution in [0.2, 0.25) is 5.02 Å². The van der Waals surface area contributed by atoms with Crippen molar-refractivity contribution in [3.05, 3.63) is 101 Å². The van der Waals surface area contributed by atoms with E-state index in [0.717, 1.165) is 35.3 Å². The highest BCUT2D eigenvalue weighted by molar-refractivity contribution is 6.33. The van der Waals surface area contributed by atoms with Crippen molar-refractivity contribution in [3.8, 4) is 0 Å². The molecule has 0 spiro atoms. The van der Waals surface area contributed by atoms with E-state index >= 15 is 0 Å². The number of aromatic amines is 1. The van der Waals surface area contributed by atoms with Crippen molar-refractivity contribution in [2.45, 2.75) is 31.2 Å². The Bertz CT molecular complexity index is 1300. The molecule has 1 aliphatic heterocycles. The van der Waals surface area contributed by atoms with Gasteiger partial charge in [-0.3, -0.25) is 9.59 Å².